The number of nitrogens with one attached hydrogen (secondary N) is 1. The Kier molecular flexibility index (Phi) is 6.57. The molecule has 0 saturated carbocycles. The molecular weight excluding hydrogens is 463 g/mol. The van der Waals surface area contributed by atoms with E-state index in [2.05, 4.69) is 30.6 Å². The number of amides is 1. The molecule has 1 aromatic carbocycles. The van der Waals surface area contributed by atoms with Gasteiger partial charge in [-0.1, -0.05) is 12.1 Å². The van der Waals surface area contributed by atoms with Crippen molar-refractivity contribution in [3.8, 4) is 23.5 Å². The number of halogens is 1. The number of aromatic nitrogens is 6. The van der Waals surface area contributed by atoms with Crippen LogP contribution in [-0.2, 0) is 6.61 Å². The van der Waals surface area contributed by atoms with Crippen molar-refractivity contribution < 1.29 is 13.9 Å². The van der Waals surface area contributed by atoms with Crippen molar-refractivity contribution in [3.05, 3.63) is 82.9 Å². The molecule has 11 heteroatoms. The highest BCUT2D eigenvalue weighted by atomic mass is 19.1. The van der Waals surface area contributed by atoms with E-state index >= 15 is 0 Å². The number of hydrogen-bond donors (Lipinski definition) is 1. The highest BCUT2D eigenvalue weighted by Gasteiger charge is 2.26. The van der Waals surface area contributed by atoms with Crippen LogP contribution >= 0.6 is 0 Å². The van der Waals surface area contributed by atoms with E-state index in [4.69, 9.17) is 10.00 Å². The Balaban J connectivity index is 1.17. The molecular formula is C25H21FN8O2. The average Bonchev–Trinajstić information content (AvgIpc) is 3.47. The molecule has 1 aliphatic rings. The number of carbonyl (C=O) groups is 1. The van der Waals surface area contributed by atoms with Gasteiger partial charge in [0.2, 0.25) is 11.7 Å². The van der Waals surface area contributed by atoms with Crippen molar-refractivity contribution in [2.24, 2.45) is 0 Å². The van der Waals surface area contributed by atoms with E-state index < -0.39 is 5.82 Å². The van der Waals surface area contributed by atoms with Crippen LogP contribution in [0.5, 0.6) is 5.88 Å². The fraction of sp³-hybridized carbons (Fsp3) is 0.240. The third-order valence-corrected chi connectivity index (χ3v) is 6.09. The first-order valence-electron chi connectivity index (χ1n) is 11.4. The zero-order valence-corrected chi connectivity index (χ0v) is 19.1. The Morgan fingerprint density at radius 1 is 1.19 bits per heavy atom. The minimum absolute atomic E-state index is 0.0144. The third-order valence-electron chi connectivity index (χ3n) is 6.09. The predicted octanol–water partition coefficient (Wildman–Crippen LogP) is 3.27. The molecule has 0 unspecified atom stereocenters. The van der Waals surface area contributed by atoms with Gasteiger partial charge in [-0.05, 0) is 48.4 Å². The Hall–Kier alpha value is -4.72. The topological polar surface area (TPSA) is 134 Å². The molecule has 4 aromatic rings. The van der Waals surface area contributed by atoms with Gasteiger partial charge < -0.3 is 9.64 Å². The van der Waals surface area contributed by atoms with E-state index in [1.54, 1.807) is 30.3 Å². The van der Waals surface area contributed by atoms with Gasteiger partial charge in [-0.15, -0.1) is 10.2 Å². The highest BCUT2D eigenvalue weighted by Crippen LogP contribution is 2.29. The van der Waals surface area contributed by atoms with E-state index in [1.807, 2.05) is 23.1 Å². The second kappa shape index (κ2) is 10.3. The van der Waals surface area contributed by atoms with Crippen molar-refractivity contribution in [1.82, 2.24) is 35.5 Å². The lowest BCUT2D eigenvalue weighted by molar-refractivity contribution is 0.0711. The normalized spacial score (nSPS) is 13.8. The number of aromatic amines is 1. The Morgan fingerprint density at radius 3 is 2.75 bits per heavy atom. The molecule has 0 bridgehead atoms. The number of piperidine rings is 1. The summed E-state index contributed by atoms with van der Waals surface area (Å²) in [6.07, 6.45) is 3.06. The zero-order valence-electron chi connectivity index (χ0n) is 19.1. The lowest BCUT2D eigenvalue weighted by atomic mass is 9.92. The van der Waals surface area contributed by atoms with Crippen LogP contribution in [0.25, 0.3) is 11.5 Å². The van der Waals surface area contributed by atoms with Crippen LogP contribution in [0, 0.1) is 17.1 Å². The molecule has 0 radical (unpaired) electrons. The molecule has 0 spiro atoms. The molecule has 36 heavy (non-hydrogen) atoms. The predicted molar refractivity (Wildman–Crippen MR) is 125 cm³/mol. The smallest absolute Gasteiger partial charge is 0.255 e. The fourth-order valence-corrected chi connectivity index (χ4v) is 4.11. The number of ether oxygens (including phenoxy) is 1. The van der Waals surface area contributed by atoms with Gasteiger partial charge in [0.15, 0.2) is 0 Å². The Labute approximate surface area is 205 Å². The summed E-state index contributed by atoms with van der Waals surface area (Å²) in [6.45, 7) is 1.21. The van der Waals surface area contributed by atoms with E-state index in [0.29, 0.717) is 41.6 Å². The molecule has 3 aromatic heterocycles. The maximum Gasteiger partial charge on any atom is 0.255 e. The first-order valence-corrected chi connectivity index (χ1v) is 11.4. The summed E-state index contributed by atoms with van der Waals surface area (Å²) in [5.41, 5.74) is 2.54. The maximum atomic E-state index is 14.1. The third kappa shape index (κ3) is 5.02. The van der Waals surface area contributed by atoms with Crippen molar-refractivity contribution in [2.45, 2.75) is 25.4 Å². The average molecular weight is 484 g/mol. The number of carbonyl (C=O) groups excluding carboxylic acids is 1. The SMILES string of the molecule is N#Cc1ccc(COc2cccc(C3CCN(C(=O)c4ccc(-c5nn[nH]n5)nc4)CC3)n2)c(F)c1. The Bertz CT molecular complexity index is 1390. The van der Waals surface area contributed by atoms with Crippen molar-refractivity contribution in [1.29, 1.82) is 5.26 Å². The van der Waals surface area contributed by atoms with Crippen molar-refractivity contribution in [3.63, 3.8) is 0 Å². The van der Waals surface area contributed by atoms with Crippen molar-refractivity contribution >= 4 is 5.91 Å². The van der Waals surface area contributed by atoms with Crippen LogP contribution in [0.3, 0.4) is 0 Å². The van der Waals surface area contributed by atoms with Crippen LogP contribution < -0.4 is 4.74 Å². The van der Waals surface area contributed by atoms with Gasteiger partial charge in [-0.25, -0.2) is 9.37 Å². The first kappa shape index (κ1) is 23.0. The van der Waals surface area contributed by atoms with E-state index in [0.717, 1.165) is 18.5 Å². The van der Waals surface area contributed by atoms with Crippen LogP contribution in [0.15, 0.2) is 54.7 Å². The number of nitrogens with zero attached hydrogens (tertiary/aromatic N) is 7. The summed E-state index contributed by atoms with van der Waals surface area (Å²) in [5.74, 6) is 0.401. The molecule has 1 saturated heterocycles. The minimum Gasteiger partial charge on any atom is -0.473 e. The lowest BCUT2D eigenvalue weighted by Gasteiger charge is -2.31. The molecule has 10 nitrogen and oxygen atoms in total. The molecule has 0 aliphatic carbocycles. The van der Waals surface area contributed by atoms with E-state index in [9.17, 15) is 9.18 Å². The number of likely N-dealkylation sites (tertiary alicyclic amines) is 1. The second-order valence-corrected chi connectivity index (χ2v) is 8.34. The quantitative estimate of drug-likeness (QED) is 0.441. The maximum absolute atomic E-state index is 14.1. The summed E-state index contributed by atoms with van der Waals surface area (Å²) in [6, 6.07) is 15.1. The largest absolute Gasteiger partial charge is 0.473 e. The van der Waals surface area contributed by atoms with Crippen LogP contribution in [0.1, 0.15) is 45.9 Å². The summed E-state index contributed by atoms with van der Waals surface area (Å²) in [5, 5.41) is 22.5. The van der Waals surface area contributed by atoms with Crippen LogP contribution in [0.4, 0.5) is 4.39 Å². The van der Waals surface area contributed by atoms with Crippen LogP contribution in [0.2, 0.25) is 0 Å². The van der Waals surface area contributed by atoms with Gasteiger partial charge in [-0.2, -0.15) is 10.5 Å². The summed E-state index contributed by atoms with van der Waals surface area (Å²) in [7, 11) is 0. The number of H-pyrrole nitrogens is 1. The minimum atomic E-state index is -0.484. The van der Waals surface area contributed by atoms with Crippen molar-refractivity contribution in [2.75, 3.05) is 13.1 Å². The van der Waals surface area contributed by atoms with Gasteiger partial charge in [0, 0.05) is 42.5 Å². The molecule has 1 fully saturated rings. The lowest BCUT2D eigenvalue weighted by Crippen LogP contribution is -2.38. The number of pyridine rings is 2. The number of tetrazole rings is 1. The fourth-order valence-electron chi connectivity index (χ4n) is 4.11. The second-order valence-electron chi connectivity index (χ2n) is 8.34. The first-order chi connectivity index (χ1) is 17.6. The number of hydrogen-bond acceptors (Lipinski definition) is 8. The van der Waals surface area contributed by atoms with E-state index in [-0.39, 0.29) is 24.0 Å². The molecule has 1 aliphatic heterocycles. The van der Waals surface area contributed by atoms with Gasteiger partial charge in [0.25, 0.3) is 5.91 Å². The molecule has 5 rings (SSSR count). The highest BCUT2D eigenvalue weighted by molar-refractivity contribution is 5.94. The number of rotatable bonds is 6. The standard InChI is InChI=1S/C25H21FN8O2/c26-20-12-16(13-27)4-5-19(20)15-36-23-3-1-2-21(29-23)17-8-10-34(11-9-17)25(35)18-6-7-22(28-14-18)24-30-32-33-31-24/h1-7,12,14,17H,8-11,15H2,(H,30,31,32,33). The molecule has 4 heterocycles. The molecule has 0 atom stereocenters. The number of benzene rings is 1. The number of nitriles is 1. The summed E-state index contributed by atoms with van der Waals surface area (Å²) < 4.78 is 19.8. The summed E-state index contributed by atoms with van der Waals surface area (Å²) in [4.78, 5) is 23.6. The van der Waals surface area contributed by atoms with E-state index in [1.165, 1.54) is 12.3 Å². The monoisotopic (exact) mass is 484 g/mol. The molecule has 180 valence electrons. The van der Waals surface area contributed by atoms with Gasteiger partial charge in [-0.3, -0.25) is 9.78 Å². The zero-order chi connectivity index (χ0) is 24.9. The Morgan fingerprint density at radius 2 is 2.06 bits per heavy atom. The van der Waals surface area contributed by atoms with Crippen LogP contribution in [-0.4, -0.2) is 54.5 Å². The molecule has 1 N–H and O–H groups in total. The molecule has 1 amide bonds. The van der Waals surface area contributed by atoms with Gasteiger partial charge in [0.1, 0.15) is 18.1 Å². The van der Waals surface area contributed by atoms with Gasteiger partial charge >= 0.3 is 0 Å². The summed E-state index contributed by atoms with van der Waals surface area (Å²) >= 11 is 0. The van der Waals surface area contributed by atoms with Gasteiger partial charge in [0.05, 0.1) is 17.2 Å².